The van der Waals surface area contributed by atoms with E-state index in [0.717, 1.165) is 0 Å². The first kappa shape index (κ1) is 13.3. The lowest BCUT2D eigenvalue weighted by Gasteiger charge is -2.81. The molecule has 0 nitrogen and oxygen atoms in total. The van der Waals surface area contributed by atoms with E-state index >= 15 is 0 Å². The van der Waals surface area contributed by atoms with Gasteiger partial charge in [0.25, 0.3) is 0 Å². The Morgan fingerprint density at radius 2 is 0.944 bits per heavy atom. The lowest BCUT2D eigenvalue weighted by atomic mass is 9.27. The van der Waals surface area contributed by atoms with Crippen LogP contribution in [0.15, 0.2) is 0 Å². The summed E-state index contributed by atoms with van der Waals surface area (Å²) in [4.78, 5) is 0. The van der Waals surface area contributed by atoms with Crippen molar-refractivity contribution in [1.29, 1.82) is 0 Å². The highest BCUT2D eigenvalue weighted by molar-refractivity contribution is 7.82. The monoisotopic (exact) mass is 266 g/mol. The summed E-state index contributed by atoms with van der Waals surface area (Å²) in [6.07, 6.45) is 14.4. The van der Waals surface area contributed by atoms with Gasteiger partial charge in [-0.05, 0) is 48.9 Å². The highest BCUT2D eigenvalue weighted by Crippen LogP contribution is 2.82. The van der Waals surface area contributed by atoms with E-state index in [-0.39, 0.29) is 4.75 Å². The lowest BCUT2D eigenvalue weighted by molar-refractivity contribution is -0.259. The first-order valence-electron chi connectivity index (χ1n) is 8.14. The molecular weight excluding hydrogens is 236 g/mol. The predicted octanol–water partition coefficient (Wildman–Crippen LogP) is 5.62. The highest BCUT2D eigenvalue weighted by Gasteiger charge is 2.78. The Morgan fingerprint density at radius 3 is 1.22 bits per heavy atom. The number of rotatable bonds is 0. The van der Waals surface area contributed by atoms with Crippen molar-refractivity contribution in [3.63, 3.8) is 0 Å². The van der Waals surface area contributed by atoms with Gasteiger partial charge in [-0.15, -0.1) is 0 Å². The molecule has 0 aliphatic heterocycles. The molecule has 3 saturated carbocycles. The van der Waals surface area contributed by atoms with Crippen LogP contribution in [0, 0.1) is 16.2 Å². The summed E-state index contributed by atoms with van der Waals surface area (Å²) in [5, 5.41) is 0. The molecule has 0 saturated heterocycles. The zero-order chi connectivity index (χ0) is 13.1. The Bertz CT molecular complexity index is 278. The number of hydrogen-bond donors (Lipinski definition) is 1. The summed E-state index contributed by atoms with van der Waals surface area (Å²) >= 11 is 5.31. The van der Waals surface area contributed by atoms with Gasteiger partial charge in [0, 0.05) is 4.75 Å². The fourth-order valence-electron chi connectivity index (χ4n) is 6.60. The maximum atomic E-state index is 5.31. The summed E-state index contributed by atoms with van der Waals surface area (Å²) in [6.45, 7) is 7.67. The Morgan fingerprint density at radius 1 is 0.611 bits per heavy atom. The molecule has 0 amide bonds. The highest BCUT2D eigenvalue weighted by atomic mass is 32.1. The molecule has 3 aliphatic carbocycles. The molecule has 104 valence electrons. The van der Waals surface area contributed by atoms with Crippen LogP contribution >= 0.6 is 12.6 Å². The van der Waals surface area contributed by atoms with Gasteiger partial charge in [0.15, 0.2) is 0 Å². The average Bonchev–Trinajstić information content (AvgIpc) is 2.39. The molecule has 0 aromatic rings. The minimum absolute atomic E-state index is 0.282. The molecule has 0 radical (unpaired) electrons. The summed E-state index contributed by atoms with van der Waals surface area (Å²) < 4.78 is 0.282. The van der Waals surface area contributed by atoms with Crippen LogP contribution in [0.3, 0.4) is 0 Å². The summed E-state index contributed by atoms with van der Waals surface area (Å²) in [7, 11) is 0. The molecule has 0 aromatic carbocycles. The van der Waals surface area contributed by atoms with E-state index < -0.39 is 0 Å². The standard InChI is InChI=1S/C17H30S/c1-14(2)16(10-6-4-7-11-16)15(3,18)17(14)12-8-5-9-13-17/h18H,4-13H2,1-3H3. The minimum Gasteiger partial charge on any atom is -0.172 e. The molecule has 0 bridgehead atoms. The van der Waals surface area contributed by atoms with Gasteiger partial charge in [-0.25, -0.2) is 0 Å². The number of thiol groups is 1. The van der Waals surface area contributed by atoms with Crippen molar-refractivity contribution < 1.29 is 0 Å². The fourth-order valence-corrected chi connectivity index (χ4v) is 7.61. The quantitative estimate of drug-likeness (QED) is 0.541. The average molecular weight is 266 g/mol. The zero-order valence-electron chi connectivity index (χ0n) is 12.5. The summed E-state index contributed by atoms with van der Waals surface area (Å²) in [5.74, 6) is 0. The van der Waals surface area contributed by atoms with Crippen molar-refractivity contribution in [3.05, 3.63) is 0 Å². The molecule has 3 aliphatic rings. The molecule has 18 heavy (non-hydrogen) atoms. The molecule has 0 unspecified atom stereocenters. The number of hydrogen-bond acceptors (Lipinski definition) is 1. The van der Waals surface area contributed by atoms with Gasteiger partial charge in [-0.2, -0.15) is 12.6 Å². The van der Waals surface area contributed by atoms with E-state index in [2.05, 4.69) is 20.8 Å². The normalized spacial score (nSPS) is 40.7. The third-order valence-corrected chi connectivity index (χ3v) is 8.53. The van der Waals surface area contributed by atoms with E-state index in [4.69, 9.17) is 12.6 Å². The van der Waals surface area contributed by atoms with Gasteiger partial charge in [0.05, 0.1) is 0 Å². The van der Waals surface area contributed by atoms with E-state index in [0.29, 0.717) is 16.2 Å². The van der Waals surface area contributed by atoms with Crippen LogP contribution < -0.4 is 0 Å². The van der Waals surface area contributed by atoms with Crippen molar-refractivity contribution >= 4 is 12.6 Å². The Balaban J connectivity index is 1.99. The van der Waals surface area contributed by atoms with Crippen LogP contribution in [-0.4, -0.2) is 4.75 Å². The zero-order valence-corrected chi connectivity index (χ0v) is 13.4. The first-order valence-corrected chi connectivity index (χ1v) is 8.59. The van der Waals surface area contributed by atoms with Crippen LogP contribution in [0.1, 0.15) is 85.0 Å². The molecule has 3 rings (SSSR count). The van der Waals surface area contributed by atoms with Crippen LogP contribution in [0.4, 0.5) is 0 Å². The van der Waals surface area contributed by atoms with Crippen LogP contribution in [0.25, 0.3) is 0 Å². The molecular formula is C17H30S. The Kier molecular flexibility index (Phi) is 2.91. The SMILES string of the molecule is CC1(C)C2(CCCCC2)C(C)(S)C12CCCCC2. The molecule has 2 spiro atoms. The molecule has 0 aromatic heterocycles. The maximum Gasteiger partial charge on any atom is 0.0224 e. The van der Waals surface area contributed by atoms with Crippen LogP contribution in [0.2, 0.25) is 0 Å². The molecule has 3 fully saturated rings. The second-order valence-corrected chi connectivity index (χ2v) is 8.88. The van der Waals surface area contributed by atoms with E-state index in [1.807, 2.05) is 0 Å². The molecule has 1 heteroatoms. The second kappa shape index (κ2) is 3.93. The maximum absolute atomic E-state index is 5.31. The third kappa shape index (κ3) is 1.21. The fraction of sp³-hybridized carbons (Fsp3) is 1.00. The van der Waals surface area contributed by atoms with Gasteiger partial charge < -0.3 is 0 Å². The van der Waals surface area contributed by atoms with E-state index in [1.54, 1.807) is 0 Å². The van der Waals surface area contributed by atoms with E-state index in [1.165, 1.54) is 64.2 Å². The van der Waals surface area contributed by atoms with E-state index in [9.17, 15) is 0 Å². The van der Waals surface area contributed by atoms with Crippen LogP contribution in [0.5, 0.6) is 0 Å². The van der Waals surface area contributed by atoms with Crippen molar-refractivity contribution in [2.75, 3.05) is 0 Å². The van der Waals surface area contributed by atoms with Crippen LogP contribution in [-0.2, 0) is 0 Å². The molecule has 0 heterocycles. The van der Waals surface area contributed by atoms with Gasteiger partial charge in [0.1, 0.15) is 0 Å². The van der Waals surface area contributed by atoms with Gasteiger partial charge in [0.2, 0.25) is 0 Å². The Hall–Kier alpha value is 0.350. The topological polar surface area (TPSA) is 0 Å². The van der Waals surface area contributed by atoms with Gasteiger partial charge in [-0.1, -0.05) is 52.4 Å². The van der Waals surface area contributed by atoms with Gasteiger partial charge >= 0.3 is 0 Å². The third-order valence-electron chi connectivity index (χ3n) is 7.67. The Labute approximate surface area is 119 Å². The van der Waals surface area contributed by atoms with Crippen molar-refractivity contribution in [2.45, 2.75) is 89.7 Å². The van der Waals surface area contributed by atoms with Crippen molar-refractivity contribution in [2.24, 2.45) is 16.2 Å². The summed E-state index contributed by atoms with van der Waals surface area (Å²) in [5.41, 5.74) is 1.56. The minimum atomic E-state index is 0.282. The summed E-state index contributed by atoms with van der Waals surface area (Å²) in [6, 6.07) is 0. The molecule has 0 atom stereocenters. The smallest absolute Gasteiger partial charge is 0.0224 e. The second-order valence-electron chi connectivity index (χ2n) is 7.98. The van der Waals surface area contributed by atoms with Crippen molar-refractivity contribution in [1.82, 2.24) is 0 Å². The lowest BCUT2D eigenvalue weighted by Crippen LogP contribution is -2.78. The van der Waals surface area contributed by atoms with Crippen molar-refractivity contribution in [3.8, 4) is 0 Å². The first-order chi connectivity index (χ1) is 8.41. The predicted molar refractivity (Wildman–Crippen MR) is 82.2 cm³/mol. The van der Waals surface area contributed by atoms with Gasteiger partial charge in [-0.3, -0.25) is 0 Å². The molecule has 0 N–H and O–H groups in total. The largest absolute Gasteiger partial charge is 0.172 e.